The molecule has 8 aromatic rings. The minimum atomic E-state index is -0.0720. The Kier molecular flexibility index (Phi) is 6.54. The van der Waals surface area contributed by atoms with Gasteiger partial charge in [0.2, 0.25) is 0 Å². The van der Waals surface area contributed by atoms with E-state index in [0.29, 0.717) is 0 Å². The summed E-state index contributed by atoms with van der Waals surface area (Å²) in [6.07, 6.45) is 16.2. The number of hydrogen-bond donors (Lipinski definition) is 0. The van der Waals surface area contributed by atoms with Crippen molar-refractivity contribution in [1.29, 1.82) is 0 Å². The van der Waals surface area contributed by atoms with E-state index < -0.39 is 0 Å². The third-order valence-electron chi connectivity index (χ3n) is 12.5. The van der Waals surface area contributed by atoms with Crippen LogP contribution in [0.2, 0.25) is 0 Å². The van der Waals surface area contributed by atoms with Crippen molar-refractivity contribution >= 4 is 60.8 Å². The molecule has 2 atom stereocenters. The van der Waals surface area contributed by atoms with Gasteiger partial charge in [-0.15, -0.1) is 0 Å². The van der Waals surface area contributed by atoms with E-state index in [-0.39, 0.29) is 17.4 Å². The van der Waals surface area contributed by atoms with Gasteiger partial charge in [-0.2, -0.15) is 0 Å². The van der Waals surface area contributed by atoms with E-state index in [2.05, 4.69) is 164 Å². The third kappa shape index (κ3) is 4.47. The summed E-state index contributed by atoms with van der Waals surface area (Å²) in [6.45, 7) is 4.76. The lowest BCUT2D eigenvalue weighted by Gasteiger charge is -2.37. The first-order chi connectivity index (χ1) is 27.5. The van der Waals surface area contributed by atoms with Crippen LogP contribution in [0.25, 0.3) is 60.6 Å². The lowest BCUT2D eigenvalue weighted by molar-refractivity contribution is 0.430. The maximum absolute atomic E-state index is 7.02. The van der Waals surface area contributed by atoms with Crippen molar-refractivity contribution in [3.63, 3.8) is 0 Å². The molecule has 2 bridgehead atoms. The fraction of sp³-hybridized carbons (Fsp3) is 0.115. The molecule has 4 aliphatic rings. The molecule has 1 aliphatic heterocycles. The number of rotatable bonds is 4. The summed E-state index contributed by atoms with van der Waals surface area (Å²) in [7, 11) is 0. The maximum Gasteiger partial charge on any atom is 0.159 e. The Labute approximate surface area is 324 Å². The van der Waals surface area contributed by atoms with Gasteiger partial charge < -0.3 is 18.5 Å². The zero-order valence-corrected chi connectivity index (χ0v) is 31.1. The van der Waals surface area contributed by atoms with Gasteiger partial charge in [-0.1, -0.05) is 129 Å². The van der Waals surface area contributed by atoms with Gasteiger partial charge in [-0.3, -0.25) is 0 Å². The van der Waals surface area contributed by atoms with Gasteiger partial charge in [0, 0.05) is 38.7 Å². The maximum atomic E-state index is 7.02. The third-order valence-corrected chi connectivity index (χ3v) is 12.5. The number of nitrogens with zero attached hydrogens (tertiary/aromatic N) is 1. The van der Waals surface area contributed by atoms with E-state index in [9.17, 15) is 0 Å². The summed E-state index contributed by atoms with van der Waals surface area (Å²) >= 11 is 0. The average Bonchev–Trinajstić information content (AvgIpc) is 3.83. The number of furan rings is 2. The Hall–Kier alpha value is -6.78. The SMILES string of the molecule is CC1(C)C2=C(C=CC(N(c3ccc(-c4ccccc4)cc3)c3cccc4c3oc3ccc5oc6ccc7c(c6c5c34)OC3=CC7C=CC=C3)C2)c2ccccc21. The number of benzene rings is 6. The molecule has 0 fully saturated rings. The normalized spacial score (nSPS) is 18.9. The Bertz CT molecular complexity index is 3110. The molecule has 4 nitrogen and oxygen atoms in total. The smallest absolute Gasteiger partial charge is 0.159 e. The van der Waals surface area contributed by atoms with Crippen molar-refractivity contribution in [2.75, 3.05) is 4.90 Å². The van der Waals surface area contributed by atoms with Gasteiger partial charge in [0.1, 0.15) is 28.3 Å². The van der Waals surface area contributed by atoms with Crippen LogP contribution in [-0.2, 0) is 5.41 Å². The summed E-state index contributed by atoms with van der Waals surface area (Å²) in [5.41, 5.74) is 14.5. The molecule has 3 heterocycles. The van der Waals surface area contributed by atoms with Crippen LogP contribution in [0.4, 0.5) is 11.4 Å². The highest BCUT2D eigenvalue weighted by Crippen LogP contribution is 2.53. The molecule has 268 valence electrons. The van der Waals surface area contributed by atoms with Gasteiger partial charge >= 0.3 is 0 Å². The van der Waals surface area contributed by atoms with Crippen LogP contribution in [0.3, 0.4) is 0 Å². The van der Waals surface area contributed by atoms with Crippen molar-refractivity contribution in [3.05, 3.63) is 192 Å². The monoisotopic (exact) mass is 723 g/mol. The second-order valence-corrected chi connectivity index (χ2v) is 15.9. The first kappa shape index (κ1) is 31.6. The van der Waals surface area contributed by atoms with Crippen molar-refractivity contribution in [3.8, 4) is 16.9 Å². The van der Waals surface area contributed by atoms with Gasteiger partial charge in [0.25, 0.3) is 0 Å². The number of fused-ring (bicyclic) bond motifs is 13. The van der Waals surface area contributed by atoms with Crippen LogP contribution < -0.4 is 9.64 Å². The molecular weight excluding hydrogens is 687 g/mol. The van der Waals surface area contributed by atoms with E-state index in [1.165, 1.54) is 33.4 Å². The first-order valence-electron chi connectivity index (χ1n) is 19.6. The Morgan fingerprint density at radius 1 is 0.643 bits per heavy atom. The van der Waals surface area contributed by atoms with Gasteiger partial charge in [-0.25, -0.2) is 0 Å². The van der Waals surface area contributed by atoms with Crippen molar-refractivity contribution in [1.82, 2.24) is 0 Å². The lowest BCUT2D eigenvalue weighted by atomic mass is 9.77. The molecule has 0 saturated carbocycles. The fourth-order valence-electron chi connectivity index (χ4n) is 9.87. The Balaban J connectivity index is 1.06. The molecule has 2 unspecified atom stereocenters. The summed E-state index contributed by atoms with van der Waals surface area (Å²) in [4.78, 5) is 2.49. The molecule has 0 saturated heterocycles. The molecular formula is C52H37NO3. The minimum absolute atomic E-state index is 0.0525. The van der Waals surface area contributed by atoms with Gasteiger partial charge in [-0.05, 0) is 88.4 Å². The van der Waals surface area contributed by atoms with E-state index in [1.54, 1.807) is 0 Å². The first-order valence-corrected chi connectivity index (χ1v) is 19.6. The Morgan fingerprint density at radius 3 is 2.29 bits per heavy atom. The van der Waals surface area contributed by atoms with E-state index in [1.807, 2.05) is 18.2 Å². The molecule has 56 heavy (non-hydrogen) atoms. The van der Waals surface area contributed by atoms with Crippen LogP contribution >= 0.6 is 0 Å². The topological polar surface area (TPSA) is 38.8 Å². The molecule has 0 radical (unpaired) electrons. The highest BCUT2D eigenvalue weighted by atomic mass is 16.5. The van der Waals surface area contributed by atoms with Crippen molar-refractivity contribution in [2.24, 2.45) is 0 Å². The molecule has 2 aromatic heterocycles. The molecule has 6 aromatic carbocycles. The van der Waals surface area contributed by atoms with Crippen molar-refractivity contribution < 1.29 is 13.6 Å². The minimum Gasteiger partial charge on any atom is -0.457 e. The highest BCUT2D eigenvalue weighted by molar-refractivity contribution is 6.28. The number of hydrogen-bond acceptors (Lipinski definition) is 4. The molecule has 4 heteroatoms. The predicted octanol–water partition coefficient (Wildman–Crippen LogP) is 13.8. The quantitative estimate of drug-likeness (QED) is 0.181. The van der Waals surface area contributed by atoms with Gasteiger partial charge in [0.05, 0.1) is 17.1 Å². The van der Waals surface area contributed by atoms with E-state index >= 15 is 0 Å². The summed E-state index contributed by atoms with van der Waals surface area (Å²) in [5, 5.41) is 4.10. The van der Waals surface area contributed by atoms with E-state index in [4.69, 9.17) is 13.6 Å². The second-order valence-electron chi connectivity index (χ2n) is 15.9. The largest absolute Gasteiger partial charge is 0.457 e. The van der Waals surface area contributed by atoms with Gasteiger partial charge in [0.15, 0.2) is 5.58 Å². The molecule has 3 aliphatic carbocycles. The average molecular weight is 724 g/mol. The molecule has 0 amide bonds. The highest BCUT2D eigenvalue weighted by Gasteiger charge is 2.40. The predicted molar refractivity (Wildman–Crippen MR) is 229 cm³/mol. The summed E-state index contributed by atoms with van der Waals surface area (Å²) in [6, 6.07) is 43.5. The molecule has 12 rings (SSSR count). The molecule has 0 N–H and O–H groups in total. The van der Waals surface area contributed by atoms with Crippen LogP contribution in [0.1, 0.15) is 42.9 Å². The number of para-hydroxylation sites is 1. The number of ether oxygens (including phenoxy) is 1. The fourth-order valence-corrected chi connectivity index (χ4v) is 9.87. The van der Waals surface area contributed by atoms with E-state index in [0.717, 1.165) is 78.7 Å². The van der Waals surface area contributed by atoms with Crippen LogP contribution in [-0.4, -0.2) is 6.04 Å². The number of anilines is 2. The number of allylic oxidation sites excluding steroid dienone is 7. The van der Waals surface area contributed by atoms with Crippen LogP contribution in [0, 0.1) is 0 Å². The molecule has 0 spiro atoms. The zero-order valence-electron chi connectivity index (χ0n) is 31.1. The standard InChI is InChI=1S/C52H37NO3/c1-52(2)41-17-9-8-15-38(41)39-24-23-35(30-42(39)52)53(34-21-19-32(20-22-34)31-11-4-3-5-12-31)43-18-10-16-40-47-44(56-50(40)43)27-28-45-48(47)49-46(55-45)26-25-37-33-13-6-7-14-36(29-33)54-51(37)49/h3-29,33,35H,30H2,1-2H3. The Morgan fingerprint density at radius 2 is 1.41 bits per heavy atom. The lowest BCUT2D eigenvalue weighted by Crippen LogP contribution is -2.33. The van der Waals surface area contributed by atoms with Crippen molar-refractivity contribution in [2.45, 2.75) is 37.6 Å². The zero-order chi connectivity index (χ0) is 37.1. The summed E-state index contributed by atoms with van der Waals surface area (Å²) < 4.78 is 20.2. The second kappa shape index (κ2) is 11.6. The summed E-state index contributed by atoms with van der Waals surface area (Å²) in [5.74, 6) is 1.83. The van der Waals surface area contributed by atoms with Crippen LogP contribution in [0.5, 0.6) is 5.75 Å². The van der Waals surface area contributed by atoms with Crippen LogP contribution in [0.15, 0.2) is 184 Å².